The summed E-state index contributed by atoms with van der Waals surface area (Å²) in [5.41, 5.74) is 3.88. The molecular formula is C23H22BrN5O3. The Morgan fingerprint density at radius 3 is 2.75 bits per heavy atom. The van der Waals surface area contributed by atoms with Gasteiger partial charge in [0.1, 0.15) is 11.8 Å². The van der Waals surface area contributed by atoms with Gasteiger partial charge in [-0.2, -0.15) is 10.4 Å². The van der Waals surface area contributed by atoms with Crippen LogP contribution >= 0.6 is 15.9 Å². The number of rotatable bonds is 6. The van der Waals surface area contributed by atoms with E-state index in [1.54, 1.807) is 14.0 Å². The molecule has 8 nitrogen and oxygen atoms in total. The molecule has 0 aliphatic carbocycles. The number of benzene rings is 2. The lowest BCUT2D eigenvalue weighted by Gasteiger charge is -2.31. The normalized spacial score (nSPS) is 15.3. The molecule has 2 aromatic rings. The molecule has 164 valence electrons. The predicted octanol–water partition coefficient (Wildman–Crippen LogP) is 4.75. The Morgan fingerprint density at radius 1 is 1.22 bits per heavy atom. The van der Waals surface area contributed by atoms with E-state index in [0.717, 1.165) is 30.8 Å². The molecule has 2 aliphatic heterocycles. The number of amides is 2. The highest BCUT2D eigenvalue weighted by molar-refractivity contribution is 9.10. The minimum atomic E-state index is -0.402. The lowest BCUT2D eigenvalue weighted by molar-refractivity contribution is 0.0662. The molecule has 0 saturated carbocycles. The van der Waals surface area contributed by atoms with Crippen molar-refractivity contribution in [1.29, 1.82) is 5.26 Å². The standard InChI is InChI=1S/C23H22BrN5O3/c1-3-29-22(30)17-12-15(13-25)21(20(24)19(17)23(29)31)27-26-16-6-7-18-14(11-16)5-4-8-28(18)9-10-32-2/h6-7,11-12H,3-5,8-10H2,1-2H3/b27-26+. The number of hydrogen-bond donors (Lipinski definition) is 0. The van der Waals surface area contributed by atoms with E-state index in [9.17, 15) is 14.9 Å². The summed E-state index contributed by atoms with van der Waals surface area (Å²) in [6, 6.07) is 9.40. The second-order valence-corrected chi connectivity index (χ2v) is 8.37. The van der Waals surface area contributed by atoms with Gasteiger partial charge in [0.05, 0.1) is 33.5 Å². The van der Waals surface area contributed by atoms with Gasteiger partial charge in [-0.3, -0.25) is 14.5 Å². The van der Waals surface area contributed by atoms with Crippen LogP contribution in [0.25, 0.3) is 0 Å². The van der Waals surface area contributed by atoms with Crippen LogP contribution in [0.2, 0.25) is 0 Å². The molecule has 2 aliphatic rings. The molecule has 0 N–H and O–H groups in total. The number of methoxy groups -OCH3 is 1. The first-order valence-corrected chi connectivity index (χ1v) is 11.2. The minimum absolute atomic E-state index is 0.183. The van der Waals surface area contributed by atoms with Crippen LogP contribution in [-0.2, 0) is 11.2 Å². The number of imide groups is 1. The van der Waals surface area contributed by atoms with Gasteiger partial charge in [0.15, 0.2) is 0 Å². The van der Waals surface area contributed by atoms with E-state index in [4.69, 9.17) is 4.74 Å². The predicted molar refractivity (Wildman–Crippen MR) is 123 cm³/mol. The molecule has 9 heteroatoms. The number of azo groups is 1. The van der Waals surface area contributed by atoms with Crippen LogP contribution in [0.1, 0.15) is 45.2 Å². The summed E-state index contributed by atoms with van der Waals surface area (Å²) >= 11 is 3.39. The molecule has 2 amide bonds. The van der Waals surface area contributed by atoms with Crippen molar-refractivity contribution in [2.75, 3.05) is 38.3 Å². The second-order valence-electron chi connectivity index (χ2n) is 7.57. The molecule has 0 saturated heterocycles. The monoisotopic (exact) mass is 495 g/mol. The van der Waals surface area contributed by atoms with Crippen molar-refractivity contribution in [3.05, 3.63) is 51.0 Å². The van der Waals surface area contributed by atoms with Crippen molar-refractivity contribution in [1.82, 2.24) is 4.90 Å². The van der Waals surface area contributed by atoms with E-state index >= 15 is 0 Å². The SMILES string of the molecule is CCN1C(=O)c2cc(C#N)c(/N=N/c3ccc4c(c3)CCCN4CCOC)c(Br)c2C1=O. The zero-order valence-corrected chi connectivity index (χ0v) is 19.5. The maximum absolute atomic E-state index is 12.7. The van der Waals surface area contributed by atoms with Crippen molar-refractivity contribution in [3.63, 3.8) is 0 Å². The summed E-state index contributed by atoms with van der Waals surface area (Å²) in [5, 5.41) is 18.2. The van der Waals surface area contributed by atoms with E-state index in [0.29, 0.717) is 16.8 Å². The Morgan fingerprint density at radius 2 is 2.03 bits per heavy atom. The first-order valence-electron chi connectivity index (χ1n) is 10.4. The molecule has 32 heavy (non-hydrogen) atoms. The highest BCUT2D eigenvalue weighted by Gasteiger charge is 2.38. The number of aryl methyl sites for hydroxylation is 1. The van der Waals surface area contributed by atoms with Gasteiger partial charge in [-0.05, 0) is 65.5 Å². The fourth-order valence-electron chi connectivity index (χ4n) is 4.13. The number of nitrogens with zero attached hydrogens (tertiary/aromatic N) is 5. The Labute approximate surface area is 194 Å². The molecule has 0 radical (unpaired) electrons. The number of fused-ring (bicyclic) bond motifs is 2. The van der Waals surface area contributed by atoms with Crippen LogP contribution in [-0.4, -0.2) is 50.1 Å². The van der Waals surface area contributed by atoms with Crippen molar-refractivity contribution >= 4 is 44.8 Å². The summed E-state index contributed by atoms with van der Waals surface area (Å²) in [6.07, 6.45) is 2.01. The van der Waals surface area contributed by atoms with Crippen LogP contribution in [0.5, 0.6) is 0 Å². The van der Waals surface area contributed by atoms with Crippen molar-refractivity contribution in [2.45, 2.75) is 19.8 Å². The lowest BCUT2D eigenvalue weighted by atomic mass is 10.0. The molecule has 0 bridgehead atoms. The first-order chi connectivity index (χ1) is 15.5. The van der Waals surface area contributed by atoms with E-state index < -0.39 is 11.8 Å². The van der Waals surface area contributed by atoms with Gasteiger partial charge in [0.25, 0.3) is 11.8 Å². The van der Waals surface area contributed by atoms with Crippen LogP contribution < -0.4 is 4.90 Å². The number of anilines is 1. The third kappa shape index (κ3) is 3.80. The Kier molecular flexibility index (Phi) is 6.35. The quantitative estimate of drug-likeness (QED) is 0.425. The van der Waals surface area contributed by atoms with Gasteiger partial charge in [-0.25, -0.2) is 0 Å². The summed E-state index contributed by atoms with van der Waals surface area (Å²) < 4.78 is 5.52. The van der Waals surface area contributed by atoms with Gasteiger partial charge >= 0.3 is 0 Å². The van der Waals surface area contributed by atoms with Crippen molar-refractivity contribution in [2.24, 2.45) is 10.2 Å². The zero-order chi connectivity index (χ0) is 22.8. The van der Waals surface area contributed by atoms with Gasteiger partial charge in [0.2, 0.25) is 0 Å². The molecule has 0 fully saturated rings. The number of carbonyl (C=O) groups is 2. The fourth-order valence-corrected chi connectivity index (χ4v) is 4.80. The van der Waals surface area contributed by atoms with Gasteiger partial charge in [0, 0.05) is 32.4 Å². The van der Waals surface area contributed by atoms with Crippen molar-refractivity contribution in [3.8, 4) is 6.07 Å². The van der Waals surface area contributed by atoms with Crippen LogP contribution in [0, 0.1) is 11.3 Å². The maximum Gasteiger partial charge on any atom is 0.262 e. The van der Waals surface area contributed by atoms with E-state index in [2.05, 4.69) is 37.1 Å². The summed E-state index contributed by atoms with van der Waals surface area (Å²) in [4.78, 5) is 28.6. The Hall–Kier alpha value is -3.09. The molecule has 2 aromatic carbocycles. The summed E-state index contributed by atoms with van der Waals surface area (Å²) in [7, 11) is 1.70. The second kappa shape index (κ2) is 9.18. The van der Waals surface area contributed by atoms with Crippen LogP contribution in [0.4, 0.5) is 17.1 Å². The highest BCUT2D eigenvalue weighted by Crippen LogP contribution is 2.40. The maximum atomic E-state index is 12.7. The third-order valence-corrected chi connectivity index (χ3v) is 6.49. The summed E-state index contributed by atoms with van der Waals surface area (Å²) in [6.45, 7) is 4.48. The first kappa shape index (κ1) is 22.1. The lowest BCUT2D eigenvalue weighted by Crippen LogP contribution is -2.32. The van der Waals surface area contributed by atoms with Gasteiger partial charge < -0.3 is 9.64 Å². The summed E-state index contributed by atoms with van der Waals surface area (Å²) in [5.74, 6) is -0.800. The van der Waals surface area contributed by atoms with E-state index in [-0.39, 0.29) is 28.9 Å². The number of ether oxygens (including phenoxy) is 1. The molecule has 4 rings (SSSR count). The topological polar surface area (TPSA) is 98.4 Å². The molecule has 0 unspecified atom stereocenters. The average molecular weight is 496 g/mol. The number of carbonyl (C=O) groups excluding carboxylic acids is 2. The fraction of sp³-hybridized carbons (Fsp3) is 0.348. The Balaban J connectivity index is 1.68. The van der Waals surface area contributed by atoms with E-state index in [1.165, 1.54) is 17.3 Å². The number of nitriles is 1. The van der Waals surface area contributed by atoms with E-state index in [1.807, 2.05) is 18.2 Å². The highest BCUT2D eigenvalue weighted by atomic mass is 79.9. The smallest absolute Gasteiger partial charge is 0.262 e. The van der Waals surface area contributed by atoms with Crippen molar-refractivity contribution < 1.29 is 14.3 Å². The molecule has 2 heterocycles. The largest absolute Gasteiger partial charge is 0.383 e. The number of halogens is 1. The number of hydrogen-bond acceptors (Lipinski definition) is 7. The molecule has 0 atom stereocenters. The average Bonchev–Trinajstić information content (AvgIpc) is 3.05. The zero-order valence-electron chi connectivity index (χ0n) is 17.9. The molecule has 0 aromatic heterocycles. The minimum Gasteiger partial charge on any atom is -0.383 e. The van der Waals surface area contributed by atoms with Crippen LogP contribution in [0.15, 0.2) is 39.0 Å². The molecular weight excluding hydrogens is 474 g/mol. The molecule has 0 spiro atoms. The Bertz CT molecular complexity index is 1170. The van der Waals surface area contributed by atoms with Gasteiger partial charge in [-0.15, -0.1) is 5.11 Å². The van der Waals surface area contributed by atoms with Gasteiger partial charge in [-0.1, -0.05) is 0 Å². The third-order valence-electron chi connectivity index (χ3n) is 5.72. The van der Waals surface area contributed by atoms with Crippen LogP contribution in [0.3, 0.4) is 0 Å².